The van der Waals surface area contributed by atoms with Crippen molar-refractivity contribution >= 4 is 0 Å². The summed E-state index contributed by atoms with van der Waals surface area (Å²) in [6.45, 7) is 15.0. The van der Waals surface area contributed by atoms with E-state index in [0.717, 1.165) is 85.0 Å². The Kier molecular flexibility index (Phi) is 14.5. The predicted octanol–water partition coefficient (Wildman–Crippen LogP) is 1.69. The molecule has 3 aliphatic heterocycles. The van der Waals surface area contributed by atoms with E-state index >= 15 is 0 Å². The van der Waals surface area contributed by atoms with Crippen molar-refractivity contribution in [3.8, 4) is 12.3 Å². The molecule has 0 saturated carbocycles. The van der Waals surface area contributed by atoms with Gasteiger partial charge in [0.1, 0.15) is 0 Å². The predicted molar refractivity (Wildman–Crippen MR) is 138 cm³/mol. The Morgan fingerprint density at radius 2 is 0.938 bits per heavy atom. The zero-order chi connectivity index (χ0) is 22.8. The van der Waals surface area contributed by atoms with Crippen molar-refractivity contribution in [2.24, 2.45) is 10.8 Å². The highest BCUT2D eigenvalue weighted by Gasteiger charge is 2.31. The first-order valence-corrected chi connectivity index (χ1v) is 13.4. The van der Waals surface area contributed by atoms with Gasteiger partial charge in [-0.2, -0.15) is 0 Å². The van der Waals surface area contributed by atoms with Gasteiger partial charge in [-0.3, -0.25) is 0 Å². The van der Waals surface area contributed by atoms with E-state index in [2.05, 4.69) is 44.7 Å². The van der Waals surface area contributed by atoms with E-state index in [1.165, 1.54) is 51.4 Å². The quantitative estimate of drug-likeness (QED) is 0.238. The van der Waals surface area contributed by atoms with Crippen LogP contribution in [-0.2, 0) is 0 Å². The van der Waals surface area contributed by atoms with Crippen LogP contribution in [-0.4, -0.2) is 78.5 Å². The van der Waals surface area contributed by atoms with Crippen LogP contribution < -0.4 is 31.9 Å². The normalized spacial score (nSPS) is 29.1. The number of hydrogen-bond donors (Lipinski definition) is 6. The Bertz CT molecular complexity index is 459. The minimum Gasteiger partial charge on any atom is -0.315 e. The number of terminal acetylenes is 1. The van der Waals surface area contributed by atoms with Gasteiger partial charge in [0.25, 0.3) is 0 Å². The summed E-state index contributed by atoms with van der Waals surface area (Å²) in [6.07, 6.45) is 16.4. The molecule has 3 fully saturated rings. The van der Waals surface area contributed by atoms with Gasteiger partial charge in [0.2, 0.25) is 0 Å². The van der Waals surface area contributed by atoms with Crippen molar-refractivity contribution in [3.05, 3.63) is 0 Å². The molecule has 0 atom stereocenters. The van der Waals surface area contributed by atoms with Gasteiger partial charge in [-0.05, 0) is 19.3 Å². The average Bonchev–Trinajstić information content (AvgIpc) is 2.79. The fourth-order valence-electron chi connectivity index (χ4n) is 5.34. The molecule has 3 rings (SSSR count). The van der Waals surface area contributed by atoms with Crippen LogP contribution in [0.2, 0.25) is 0 Å². The van der Waals surface area contributed by atoms with Crippen LogP contribution in [0.25, 0.3) is 0 Å². The molecule has 0 aromatic heterocycles. The Morgan fingerprint density at radius 3 is 1.34 bits per heavy atom. The number of unbranched alkanes of at least 4 members (excludes halogenated alkanes) is 5. The summed E-state index contributed by atoms with van der Waals surface area (Å²) in [7, 11) is 0. The minimum absolute atomic E-state index is 0.263. The molecule has 2 bridgehead atoms. The van der Waals surface area contributed by atoms with Crippen molar-refractivity contribution in [1.82, 2.24) is 31.9 Å². The van der Waals surface area contributed by atoms with Gasteiger partial charge in [-0.15, -0.1) is 12.3 Å². The first-order valence-electron chi connectivity index (χ1n) is 13.4. The van der Waals surface area contributed by atoms with Gasteiger partial charge < -0.3 is 31.9 Å². The monoisotopic (exact) mass is 448 g/mol. The van der Waals surface area contributed by atoms with Crippen molar-refractivity contribution in [2.75, 3.05) is 78.5 Å². The Morgan fingerprint density at radius 1 is 0.562 bits per heavy atom. The Hall–Kier alpha value is -0.680. The van der Waals surface area contributed by atoms with E-state index in [1.54, 1.807) is 0 Å². The lowest BCUT2D eigenvalue weighted by Gasteiger charge is -2.38. The zero-order valence-corrected chi connectivity index (χ0v) is 20.9. The van der Waals surface area contributed by atoms with E-state index in [9.17, 15) is 0 Å². The van der Waals surface area contributed by atoms with Crippen LogP contribution in [0.1, 0.15) is 64.7 Å². The van der Waals surface area contributed by atoms with Crippen molar-refractivity contribution in [2.45, 2.75) is 64.7 Å². The third kappa shape index (κ3) is 11.0. The maximum absolute atomic E-state index is 5.38. The summed E-state index contributed by atoms with van der Waals surface area (Å²) < 4.78 is 0. The third-order valence-corrected chi connectivity index (χ3v) is 7.24. The van der Waals surface area contributed by atoms with Gasteiger partial charge in [0.15, 0.2) is 0 Å². The van der Waals surface area contributed by atoms with E-state index in [1.807, 2.05) is 0 Å². The Balaban J connectivity index is 1.98. The van der Waals surface area contributed by atoms with Gasteiger partial charge in [-0.1, -0.05) is 39.0 Å². The number of fused-ring (bicyclic) bond motifs is 15. The molecular weight excluding hydrogens is 396 g/mol. The van der Waals surface area contributed by atoms with E-state index in [0.29, 0.717) is 0 Å². The maximum atomic E-state index is 5.38. The van der Waals surface area contributed by atoms with Gasteiger partial charge in [0.05, 0.1) is 0 Å². The molecule has 186 valence electrons. The van der Waals surface area contributed by atoms with Crippen molar-refractivity contribution in [1.29, 1.82) is 0 Å². The molecule has 6 N–H and O–H groups in total. The summed E-state index contributed by atoms with van der Waals surface area (Å²) in [5.74, 6) is 2.76. The molecule has 3 aliphatic rings. The van der Waals surface area contributed by atoms with Crippen LogP contribution in [0.5, 0.6) is 0 Å². The fraction of sp³-hybridized carbons (Fsp3) is 0.923. The van der Waals surface area contributed by atoms with Crippen LogP contribution in [0.4, 0.5) is 0 Å². The maximum Gasteiger partial charge on any atom is 0.00860 e. The molecule has 6 heteroatoms. The largest absolute Gasteiger partial charge is 0.315 e. The second-order valence-electron chi connectivity index (χ2n) is 10.3. The summed E-state index contributed by atoms with van der Waals surface area (Å²) >= 11 is 0. The van der Waals surface area contributed by atoms with Gasteiger partial charge in [0, 0.05) is 95.8 Å². The Labute approximate surface area is 198 Å². The van der Waals surface area contributed by atoms with Gasteiger partial charge in [-0.25, -0.2) is 0 Å². The van der Waals surface area contributed by atoms with Gasteiger partial charge >= 0.3 is 0 Å². The standard InChI is InChI=1S/C26H52N6/c1-3-5-6-7-8-9-10-12-26-22-30-16-13-27-19-25(11-4-2,20-28-14-17-31-23-26)21-29-15-18-32-24-26/h1,27-32H,4-24H2,2H3. The first-order chi connectivity index (χ1) is 15.7. The lowest BCUT2D eigenvalue weighted by molar-refractivity contribution is 0.199. The summed E-state index contributed by atoms with van der Waals surface area (Å²) in [5, 5.41) is 22.8. The lowest BCUT2D eigenvalue weighted by atomic mass is 9.81. The molecule has 0 aromatic carbocycles. The highest BCUT2D eigenvalue weighted by Crippen LogP contribution is 2.25. The fourth-order valence-corrected chi connectivity index (χ4v) is 5.34. The summed E-state index contributed by atoms with van der Waals surface area (Å²) in [4.78, 5) is 0. The topological polar surface area (TPSA) is 72.2 Å². The van der Waals surface area contributed by atoms with Crippen LogP contribution >= 0.6 is 0 Å². The molecule has 0 aliphatic carbocycles. The molecule has 6 nitrogen and oxygen atoms in total. The van der Waals surface area contributed by atoms with Crippen molar-refractivity contribution in [3.63, 3.8) is 0 Å². The number of nitrogens with one attached hydrogen (secondary N) is 6. The van der Waals surface area contributed by atoms with E-state index in [4.69, 9.17) is 6.42 Å². The molecule has 32 heavy (non-hydrogen) atoms. The smallest absolute Gasteiger partial charge is 0.00860 e. The van der Waals surface area contributed by atoms with Crippen LogP contribution in [0.3, 0.4) is 0 Å². The average molecular weight is 449 g/mol. The van der Waals surface area contributed by atoms with Crippen LogP contribution in [0, 0.1) is 23.2 Å². The zero-order valence-electron chi connectivity index (χ0n) is 20.9. The number of hydrogen-bond acceptors (Lipinski definition) is 6. The summed E-state index contributed by atoms with van der Waals surface area (Å²) in [5.41, 5.74) is 0.548. The molecule has 0 aromatic rings. The van der Waals surface area contributed by atoms with E-state index < -0.39 is 0 Å². The molecular formula is C26H52N6. The van der Waals surface area contributed by atoms with Crippen LogP contribution in [0.15, 0.2) is 0 Å². The second kappa shape index (κ2) is 16.9. The molecule has 0 spiro atoms. The lowest BCUT2D eigenvalue weighted by Crippen LogP contribution is -2.55. The highest BCUT2D eigenvalue weighted by atomic mass is 15.0. The first kappa shape index (κ1) is 27.6. The highest BCUT2D eigenvalue weighted by molar-refractivity contribution is 4.90. The molecule has 3 saturated heterocycles. The van der Waals surface area contributed by atoms with E-state index in [-0.39, 0.29) is 10.8 Å². The third-order valence-electron chi connectivity index (χ3n) is 7.24. The minimum atomic E-state index is 0.263. The SMILES string of the molecule is C#CCCCCCCCC12CNCCNCC(CCC)(CNCCNC1)CNCCNC2. The van der Waals surface area contributed by atoms with Crippen molar-refractivity contribution < 1.29 is 0 Å². The number of rotatable bonds is 9. The molecule has 3 heterocycles. The molecule has 0 unspecified atom stereocenters. The second-order valence-corrected chi connectivity index (χ2v) is 10.3. The molecule has 0 radical (unpaired) electrons. The molecule has 0 amide bonds. The summed E-state index contributed by atoms with van der Waals surface area (Å²) in [6, 6.07) is 0.